The monoisotopic (exact) mass is 383 g/mol. The molecule has 0 fully saturated rings. The number of carbonyl (C=O) groups is 2. The summed E-state index contributed by atoms with van der Waals surface area (Å²) in [4.78, 5) is 30.1. The largest absolute Gasteiger partial charge is 0.342 e. The Morgan fingerprint density at radius 1 is 0.862 bits per heavy atom. The Bertz CT molecular complexity index is 1150. The van der Waals surface area contributed by atoms with Gasteiger partial charge in [0.2, 0.25) is 0 Å². The quantitative estimate of drug-likeness (QED) is 0.502. The molecular formula is C24H21N3O2. The highest BCUT2D eigenvalue weighted by atomic mass is 16.1. The fourth-order valence-electron chi connectivity index (χ4n) is 3.38. The van der Waals surface area contributed by atoms with Crippen LogP contribution in [0.1, 0.15) is 39.5 Å². The molecule has 0 aliphatic rings. The molecule has 0 saturated heterocycles. The Kier molecular flexibility index (Phi) is 5.20. The zero-order valence-corrected chi connectivity index (χ0v) is 16.1. The second-order valence-electron chi connectivity index (χ2n) is 6.90. The molecule has 0 aliphatic heterocycles. The van der Waals surface area contributed by atoms with Crippen LogP contribution in [0, 0.1) is 0 Å². The zero-order valence-electron chi connectivity index (χ0n) is 16.1. The van der Waals surface area contributed by atoms with E-state index in [1.54, 1.807) is 12.1 Å². The van der Waals surface area contributed by atoms with Crippen LogP contribution in [-0.2, 0) is 6.54 Å². The van der Waals surface area contributed by atoms with Crippen molar-refractivity contribution in [1.29, 1.82) is 0 Å². The summed E-state index contributed by atoms with van der Waals surface area (Å²) in [6, 6.07) is 25.6. The lowest BCUT2D eigenvalue weighted by atomic mass is 10.1. The highest BCUT2D eigenvalue weighted by molar-refractivity contribution is 5.97. The normalized spacial score (nSPS) is 11.9. The SMILES string of the molecule is CC(NC(=O)c1ccccc1)c1nc2ccccc2n1CC(=O)c1ccccc1. The Morgan fingerprint density at radius 3 is 2.14 bits per heavy atom. The lowest BCUT2D eigenvalue weighted by Gasteiger charge is -2.16. The molecule has 0 aliphatic carbocycles. The Hall–Kier alpha value is -3.73. The minimum absolute atomic E-state index is 0.00316. The number of amides is 1. The first-order valence-corrected chi connectivity index (χ1v) is 9.53. The number of hydrogen-bond acceptors (Lipinski definition) is 3. The molecule has 29 heavy (non-hydrogen) atoms. The summed E-state index contributed by atoms with van der Waals surface area (Å²) in [5.74, 6) is 0.474. The molecule has 1 N–H and O–H groups in total. The molecule has 4 rings (SSSR count). The molecule has 0 spiro atoms. The maximum Gasteiger partial charge on any atom is 0.251 e. The van der Waals surface area contributed by atoms with Crippen molar-refractivity contribution >= 4 is 22.7 Å². The Balaban J connectivity index is 1.66. The van der Waals surface area contributed by atoms with E-state index in [4.69, 9.17) is 4.98 Å². The van der Waals surface area contributed by atoms with Crippen molar-refractivity contribution in [2.24, 2.45) is 0 Å². The molecule has 5 heteroatoms. The van der Waals surface area contributed by atoms with Gasteiger partial charge in [-0.1, -0.05) is 60.7 Å². The van der Waals surface area contributed by atoms with Crippen molar-refractivity contribution < 1.29 is 9.59 Å². The predicted octanol–water partition coefficient (Wildman–Crippen LogP) is 4.41. The van der Waals surface area contributed by atoms with Gasteiger partial charge in [-0.2, -0.15) is 0 Å². The van der Waals surface area contributed by atoms with Crippen LogP contribution in [0.3, 0.4) is 0 Å². The summed E-state index contributed by atoms with van der Waals surface area (Å²) in [5.41, 5.74) is 2.90. The number of nitrogens with one attached hydrogen (secondary N) is 1. The molecule has 1 atom stereocenters. The number of imidazole rings is 1. The molecule has 3 aromatic carbocycles. The summed E-state index contributed by atoms with van der Waals surface area (Å²) in [5, 5.41) is 2.99. The van der Waals surface area contributed by atoms with Gasteiger partial charge in [0, 0.05) is 11.1 Å². The lowest BCUT2D eigenvalue weighted by molar-refractivity contribution is 0.0937. The lowest BCUT2D eigenvalue weighted by Crippen LogP contribution is -2.29. The highest BCUT2D eigenvalue weighted by Gasteiger charge is 2.20. The van der Waals surface area contributed by atoms with Gasteiger partial charge in [0.15, 0.2) is 5.78 Å². The van der Waals surface area contributed by atoms with Gasteiger partial charge in [0.1, 0.15) is 5.82 Å². The molecular weight excluding hydrogens is 362 g/mol. The second-order valence-corrected chi connectivity index (χ2v) is 6.90. The number of ketones is 1. The van der Waals surface area contributed by atoms with Crippen LogP contribution in [0.5, 0.6) is 0 Å². The fourth-order valence-corrected chi connectivity index (χ4v) is 3.38. The van der Waals surface area contributed by atoms with Gasteiger partial charge in [-0.3, -0.25) is 9.59 Å². The van der Waals surface area contributed by atoms with Gasteiger partial charge in [-0.05, 0) is 31.2 Å². The molecule has 1 unspecified atom stereocenters. The van der Waals surface area contributed by atoms with E-state index < -0.39 is 0 Å². The third-order valence-electron chi connectivity index (χ3n) is 4.85. The van der Waals surface area contributed by atoms with Crippen molar-refractivity contribution in [2.75, 3.05) is 0 Å². The number of hydrogen-bond donors (Lipinski definition) is 1. The van der Waals surface area contributed by atoms with E-state index in [2.05, 4.69) is 5.32 Å². The molecule has 0 saturated carbocycles. The first-order chi connectivity index (χ1) is 14.1. The van der Waals surface area contributed by atoms with Gasteiger partial charge in [-0.15, -0.1) is 0 Å². The summed E-state index contributed by atoms with van der Waals surface area (Å²) < 4.78 is 1.89. The minimum atomic E-state index is -0.362. The van der Waals surface area contributed by atoms with E-state index in [1.807, 2.05) is 84.3 Å². The Morgan fingerprint density at radius 2 is 1.45 bits per heavy atom. The van der Waals surface area contributed by atoms with Crippen molar-refractivity contribution in [3.05, 3.63) is 102 Å². The van der Waals surface area contributed by atoms with Crippen molar-refractivity contribution in [3.63, 3.8) is 0 Å². The van der Waals surface area contributed by atoms with E-state index in [0.717, 1.165) is 11.0 Å². The molecule has 0 radical (unpaired) electrons. The van der Waals surface area contributed by atoms with E-state index >= 15 is 0 Å². The van der Waals surface area contributed by atoms with E-state index in [0.29, 0.717) is 17.0 Å². The van der Waals surface area contributed by atoms with Crippen LogP contribution in [0.4, 0.5) is 0 Å². The summed E-state index contributed by atoms with van der Waals surface area (Å²) in [6.07, 6.45) is 0. The van der Waals surface area contributed by atoms with E-state index in [1.165, 1.54) is 0 Å². The molecule has 4 aromatic rings. The van der Waals surface area contributed by atoms with Crippen molar-refractivity contribution in [1.82, 2.24) is 14.9 Å². The van der Waals surface area contributed by atoms with Crippen LogP contribution < -0.4 is 5.32 Å². The van der Waals surface area contributed by atoms with Gasteiger partial charge >= 0.3 is 0 Å². The fraction of sp³-hybridized carbons (Fsp3) is 0.125. The molecule has 5 nitrogen and oxygen atoms in total. The maximum atomic E-state index is 12.8. The molecule has 0 bridgehead atoms. The van der Waals surface area contributed by atoms with Gasteiger partial charge in [-0.25, -0.2) is 4.98 Å². The Labute approximate surface area is 169 Å². The van der Waals surface area contributed by atoms with Crippen LogP contribution in [-0.4, -0.2) is 21.2 Å². The first kappa shape index (κ1) is 18.6. The van der Waals surface area contributed by atoms with Gasteiger partial charge in [0.05, 0.1) is 23.6 Å². The summed E-state index contributed by atoms with van der Waals surface area (Å²) in [6.45, 7) is 2.04. The smallest absolute Gasteiger partial charge is 0.251 e. The third kappa shape index (κ3) is 3.94. The average molecular weight is 383 g/mol. The van der Waals surface area contributed by atoms with Crippen LogP contribution >= 0.6 is 0 Å². The number of rotatable bonds is 6. The molecule has 1 heterocycles. The van der Waals surface area contributed by atoms with Crippen LogP contribution in [0.15, 0.2) is 84.9 Å². The van der Waals surface area contributed by atoms with Gasteiger partial charge < -0.3 is 9.88 Å². The topological polar surface area (TPSA) is 64.0 Å². The number of Topliss-reactive ketones (excluding diaryl/α,β-unsaturated/α-hetero) is 1. The number of benzene rings is 3. The number of para-hydroxylation sites is 2. The first-order valence-electron chi connectivity index (χ1n) is 9.53. The number of nitrogens with zero attached hydrogens (tertiary/aromatic N) is 2. The highest BCUT2D eigenvalue weighted by Crippen LogP contribution is 2.22. The minimum Gasteiger partial charge on any atom is -0.342 e. The molecule has 1 aromatic heterocycles. The number of fused-ring (bicyclic) bond motifs is 1. The van der Waals surface area contributed by atoms with Crippen molar-refractivity contribution in [3.8, 4) is 0 Å². The number of aromatic nitrogens is 2. The molecule has 1 amide bonds. The van der Waals surface area contributed by atoms with Crippen molar-refractivity contribution in [2.45, 2.75) is 19.5 Å². The average Bonchev–Trinajstić information content (AvgIpc) is 3.13. The van der Waals surface area contributed by atoms with Crippen LogP contribution in [0.2, 0.25) is 0 Å². The third-order valence-corrected chi connectivity index (χ3v) is 4.85. The summed E-state index contributed by atoms with van der Waals surface area (Å²) >= 11 is 0. The standard InChI is InChI=1S/C24H21N3O2/c1-17(25-24(29)19-12-6-3-7-13-19)23-26-20-14-8-9-15-21(20)27(23)16-22(28)18-10-4-2-5-11-18/h2-15,17H,16H2,1H3,(H,25,29). The number of carbonyl (C=O) groups excluding carboxylic acids is 2. The maximum absolute atomic E-state index is 12.8. The van der Waals surface area contributed by atoms with Crippen LogP contribution in [0.25, 0.3) is 11.0 Å². The van der Waals surface area contributed by atoms with Gasteiger partial charge in [0.25, 0.3) is 5.91 Å². The zero-order chi connectivity index (χ0) is 20.2. The second kappa shape index (κ2) is 8.10. The van der Waals surface area contributed by atoms with E-state index in [-0.39, 0.29) is 24.3 Å². The van der Waals surface area contributed by atoms with E-state index in [9.17, 15) is 9.59 Å². The predicted molar refractivity (Wildman–Crippen MR) is 113 cm³/mol. The summed E-state index contributed by atoms with van der Waals surface area (Å²) in [7, 11) is 0. The molecule has 144 valence electrons.